The Morgan fingerprint density at radius 2 is 1.90 bits per heavy atom. The fourth-order valence-electron chi connectivity index (χ4n) is 3.00. The van der Waals surface area contributed by atoms with Crippen LogP contribution < -0.4 is 5.32 Å². The fourth-order valence-corrected chi connectivity index (χ4v) is 3.00. The van der Waals surface area contributed by atoms with E-state index in [1.54, 1.807) is 0 Å². The second-order valence-electron chi connectivity index (χ2n) is 6.82. The van der Waals surface area contributed by atoms with Crippen molar-refractivity contribution in [2.75, 3.05) is 19.8 Å². The van der Waals surface area contributed by atoms with Crippen LogP contribution >= 0.6 is 0 Å². The molecule has 0 aromatic carbocycles. The molecule has 2 N–H and O–H groups in total. The first-order valence-electron chi connectivity index (χ1n) is 8.62. The molecule has 1 saturated heterocycles. The second-order valence-corrected chi connectivity index (χ2v) is 6.82. The number of nitrogens with one attached hydrogen (secondary N) is 1. The Bertz CT molecular complexity index is 265. The van der Waals surface area contributed by atoms with Crippen molar-refractivity contribution in [1.82, 2.24) is 5.32 Å². The first-order chi connectivity index (χ1) is 9.99. The SMILES string of the molecule is CCCNC(C)(CO)CCCCOC1CC(C)OC(C)C1. The van der Waals surface area contributed by atoms with Gasteiger partial charge in [-0.1, -0.05) is 6.92 Å². The molecule has 3 atom stereocenters. The maximum atomic E-state index is 9.52. The molecule has 0 aliphatic carbocycles. The quantitative estimate of drug-likeness (QED) is 0.609. The second kappa shape index (κ2) is 9.78. The van der Waals surface area contributed by atoms with Crippen molar-refractivity contribution in [3.63, 3.8) is 0 Å². The van der Waals surface area contributed by atoms with Crippen molar-refractivity contribution >= 4 is 0 Å². The highest BCUT2D eigenvalue weighted by molar-refractivity contribution is 4.81. The average molecular weight is 301 g/mol. The van der Waals surface area contributed by atoms with Gasteiger partial charge in [-0.15, -0.1) is 0 Å². The maximum Gasteiger partial charge on any atom is 0.0624 e. The van der Waals surface area contributed by atoms with Gasteiger partial charge < -0.3 is 19.9 Å². The molecule has 0 aromatic rings. The molecule has 0 saturated carbocycles. The van der Waals surface area contributed by atoms with E-state index in [9.17, 15) is 5.11 Å². The molecule has 1 rings (SSSR count). The molecule has 0 radical (unpaired) electrons. The first kappa shape index (κ1) is 18.9. The zero-order chi connectivity index (χ0) is 15.7. The largest absolute Gasteiger partial charge is 0.394 e. The van der Waals surface area contributed by atoms with Gasteiger partial charge in [0.15, 0.2) is 0 Å². The van der Waals surface area contributed by atoms with Crippen LogP contribution in [0.5, 0.6) is 0 Å². The topological polar surface area (TPSA) is 50.7 Å². The number of unbranched alkanes of at least 4 members (excludes halogenated alkanes) is 1. The lowest BCUT2D eigenvalue weighted by Crippen LogP contribution is -2.46. The van der Waals surface area contributed by atoms with Crippen LogP contribution in [0.25, 0.3) is 0 Å². The minimum atomic E-state index is -0.141. The van der Waals surface area contributed by atoms with Crippen LogP contribution in [0.4, 0.5) is 0 Å². The molecule has 21 heavy (non-hydrogen) atoms. The molecular weight excluding hydrogens is 266 g/mol. The van der Waals surface area contributed by atoms with Crippen molar-refractivity contribution in [3.8, 4) is 0 Å². The van der Waals surface area contributed by atoms with Gasteiger partial charge in [0.05, 0.1) is 24.9 Å². The predicted octanol–water partition coefficient (Wildman–Crippen LogP) is 2.88. The molecule has 1 fully saturated rings. The molecule has 3 unspecified atom stereocenters. The monoisotopic (exact) mass is 301 g/mol. The molecule has 0 amide bonds. The van der Waals surface area contributed by atoms with Crippen LogP contribution in [0.1, 0.15) is 66.2 Å². The third-order valence-electron chi connectivity index (χ3n) is 4.28. The minimum absolute atomic E-state index is 0.141. The molecule has 0 bridgehead atoms. The molecule has 0 spiro atoms. The smallest absolute Gasteiger partial charge is 0.0624 e. The molecule has 1 aliphatic heterocycles. The zero-order valence-electron chi connectivity index (χ0n) is 14.4. The third-order valence-corrected chi connectivity index (χ3v) is 4.28. The van der Waals surface area contributed by atoms with Crippen molar-refractivity contribution in [1.29, 1.82) is 0 Å². The third kappa shape index (κ3) is 7.59. The summed E-state index contributed by atoms with van der Waals surface area (Å²) in [6, 6.07) is 0. The number of ether oxygens (including phenoxy) is 2. The summed E-state index contributed by atoms with van der Waals surface area (Å²) in [5.74, 6) is 0. The van der Waals surface area contributed by atoms with E-state index in [-0.39, 0.29) is 12.1 Å². The van der Waals surface area contributed by atoms with E-state index in [1.807, 2.05) is 0 Å². The van der Waals surface area contributed by atoms with Gasteiger partial charge in [-0.25, -0.2) is 0 Å². The lowest BCUT2D eigenvalue weighted by molar-refractivity contribution is -0.102. The number of hydrogen-bond acceptors (Lipinski definition) is 4. The lowest BCUT2D eigenvalue weighted by Gasteiger charge is -2.32. The minimum Gasteiger partial charge on any atom is -0.394 e. The van der Waals surface area contributed by atoms with E-state index in [1.165, 1.54) is 0 Å². The van der Waals surface area contributed by atoms with Gasteiger partial charge in [0.2, 0.25) is 0 Å². The molecule has 4 heteroatoms. The van der Waals surface area contributed by atoms with Crippen molar-refractivity contribution in [2.45, 2.75) is 90.1 Å². The summed E-state index contributed by atoms with van der Waals surface area (Å²) < 4.78 is 11.7. The Hall–Kier alpha value is -0.160. The highest BCUT2D eigenvalue weighted by Crippen LogP contribution is 2.22. The molecule has 126 valence electrons. The summed E-state index contributed by atoms with van der Waals surface area (Å²) in [6.07, 6.45) is 7.24. The number of aliphatic hydroxyl groups is 1. The highest BCUT2D eigenvalue weighted by Gasteiger charge is 2.25. The molecule has 4 nitrogen and oxygen atoms in total. The Morgan fingerprint density at radius 3 is 2.48 bits per heavy atom. The van der Waals surface area contributed by atoms with E-state index in [0.29, 0.717) is 18.3 Å². The van der Waals surface area contributed by atoms with Gasteiger partial charge in [-0.05, 0) is 65.8 Å². The van der Waals surface area contributed by atoms with E-state index in [0.717, 1.165) is 51.7 Å². The normalized spacial score (nSPS) is 29.3. The summed E-state index contributed by atoms with van der Waals surface area (Å²) in [6.45, 7) is 10.5. The summed E-state index contributed by atoms with van der Waals surface area (Å²) in [5.41, 5.74) is -0.141. The van der Waals surface area contributed by atoms with Gasteiger partial charge in [0, 0.05) is 12.1 Å². The van der Waals surface area contributed by atoms with Crippen LogP contribution in [-0.2, 0) is 9.47 Å². The van der Waals surface area contributed by atoms with E-state index in [2.05, 4.69) is 33.0 Å². The average Bonchev–Trinajstić information content (AvgIpc) is 2.44. The van der Waals surface area contributed by atoms with E-state index >= 15 is 0 Å². The summed E-state index contributed by atoms with van der Waals surface area (Å²) >= 11 is 0. The van der Waals surface area contributed by atoms with Crippen LogP contribution in [0.3, 0.4) is 0 Å². The van der Waals surface area contributed by atoms with Gasteiger partial charge >= 0.3 is 0 Å². The molecule has 0 aromatic heterocycles. The van der Waals surface area contributed by atoms with Crippen LogP contribution in [0.2, 0.25) is 0 Å². The van der Waals surface area contributed by atoms with Crippen molar-refractivity contribution < 1.29 is 14.6 Å². The fraction of sp³-hybridized carbons (Fsp3) is 1.00. The Labute approximate surface area is 130 Å². The van der Waals surface area contributed by atoms with Crippen LogP contribution in [-0.4, -0.2) is 48.7 Å². The van der Waals surface area contributed by atoms with Crippen LogP contribution in [0.15, 0.2) is 0 Å². The number of rotatable bonds is 10. The molecular formula is C17H35NO3. The number of hydrogen-bond donors (Lipinski definition) is 2. The van der Waals surface area contributed by atoms with Crippen molar-refractivity contribution in [3.05, 3.63) is 0 Å². The van der Waals surface area contributed by atoms with Crippen LogP contribution in [0, 0.1) is 0 Å². The van der Waals surface area contributed by atoms with Gasteiger partial charge in [0.25, 0.3) is 0 Å². The Morgan fingerprint density at radius 1 is 1.24 bits per heavy atom. The Kier molecular flexibility index (Phi) is 8.79. The number of aliphatic hydroxyl groups excluding tert-OH is 1. The van der Waals surface area contributed by atoms with Gasteiger partial charge in [-0.3, -0.25) is 0 Å². The van der Waals surface area contributed by atoms with Gasteiger partial charge in [0.1, 0.15) is 0 Å². The molecule has 1 aliphatic rings. The van der Waals surface area contributed by atoms with E-state index < -0.39 is 0 Å². The summed E-state index contributed by atoms with van der Waals surface area (Å²) in [5, 5.41) is 13.0. The van der Waals surface area contributed by atoms with E-state index in [4.69, 9.17) is 9.47 Å². The summed E-state index contributed by atoms with van der Waals surface area (Å²) in [4.78, 5) is 0. The summed E-state index contributed by atoms with van der Waals surface area (Å²) in [7, 11) is 0. The Balaban J connectivity index is 2.13. The van der Waals surface area contributed by atoms with Gasteiger partial charge in [-0.2, -0.15) is 0 Å². The maximum absolute atomic E-state index is 9.52. The lowest BCUT2D eigenvalue weighted by atomic mass is 9.95. The zero-order valence-corrected chi connectivity index (χ0v) is 14.4. The first-order valence-corrected chi connectivity index (χ1v) is 8.62. The van der Waals surface area contributed by atoms with Crippen molar-refractivity contribution in [2.24, 2.45) is 0 Å². The predicted molar refractivity (Wildman–Crippen MR) is 86.6 cm³/mol. The standard InChI is InChI=1S/C17H35NO3/c1-5-9-18-17(4,13-19)8-6-7-10-20-16-11-14(2)21-15(3)12-16/h14-16,18-19H,5-13H2,1-4H3. The highest BCUT2D eigenvalue weighted by atomic mass is 16.5. The molecule has 1 heterocycles.